The van der Waals surface area contributed by atoms with Crippen LogP contribution in [-0.2, 0) is 62.7 Å². The Balaban J connectivity index is 1.64. The number of fused-ring (bicyclic) bond motifs is 2. The zero-order chi connectivity index (χ0) is 54.7. The lowest BCUT2D eigenvalue weighted by molar-refractivity contribution is -0.143. The predicted molar refractivity (Wildman–Crippen MR) is 245 cm³/mol. The van der Waals surface area contributed by atoms with Crippen molar-refractivity contribution in [1.29, 1.82) is 0 Å². The van der Waals surface area contributed by atoms with E-state index < -0.39 is 167 Å². The van der Waals surface area contributed by atoms with E-state index in [2.05, 4.69) is 20.5 Å². The maximum Gasteiger partial charge on any atom is 0.435 e. The van der Waals surface area contributed by atoms with E-state index in [9.17, 15) is 71.8 Å². The van der Waals surface area contributed by atoms with Crippen molar-refractivity contribution in [3.8, 4) is 11.1 Å². The highest BCUT2D eigenvalue weighted by Crippen LogP contribution is 2.55. The van der Waals surface area contributed by atoms with Gasteiger partial charge in [0.05, 0.1) is 57.9 Å². The van der Waals surface area contributed by atoms with E-state index in [4.69, 9.17) is 11.6 Å². The van der Waals surface area contributed by atoms with Crippen molar-refractivity contribution in [2.24, 2.45) is 5.92 Å². The number of aliphatic hydroxyl groups is 2. The SMILES string of the molecule is C[C@@H]1c2c(C(F)(F)F)nn(CC(=O)N[C@@H](Cc3cc(F)cc(F)c3)c3nc(CCC(C)(C)S(C)(=O)=O)ccc3-c3ccc(Cl)c4c(N(C(=O)NC(CO)CO)S(C)(=O)=O)nn(CC(F)(F)F)c34)c2C(F)(F)[C@@H]1C. The van der Waals surface area contributed by atoms with Crippen molar-refractivity contribution in [3.05, 3.63) is 93.0 Å². The van der Waals surface area contributed by atoms with Crippen molar-refractivity contribution in [2.75, 3.05) is 30.0 Å². The molecule has 400 valence electrons. The third kappa shape index (κ3) is 11.9. The van der Waals surface area contributed by atoms with Crippen LogP contribution in [0.15, 0.2) is 42.5 Å². The van der Waals surface area contributed by atoms with Crippen LogP contribution < -0.4 is 14.9 Å². The molecule has 0 aliphatic heterocycles. The van der Waals surface area contributed by atoms with E-state index in [1.165, 1.54) is 26.0 Å². The van der Waals surface area contributed by atoms with Gasteiger partial charge >= 0.3 is 18.4 Å². The molecule has 2 aromatic carbocycles. The number of hydrogen-bond donors (Lipinski definition) is 4. The van der Waals surface area contributed by atoms with Crippen molar-refractivity contribution >= 4 is 60.1 Å². The molecule has 5 aromatic rings. The first-order valence-electron chi connectivity index (χ1n) is 21.8. The normalized spacial score (nSPS) is 16.8. The third-order valence-electron chi connectivity index (χ3n) is 12.6. The zero-order valence-electron chi connectivity index (χ0n) is 39.3. The third-order valence-corrected chi connectivity index (χ3v) is 16.1. The Morgan fingerprint density at radius 2 is 1.49 bits per heavy atom. The number of carbonyl (C=O) groups is 2. The Morgan fingerprint density at radius 1 is 0.890 bits per heavy atom. The number of nitrogens with one attached hydrogen (secondary N) is 2. The number of nitrogens with zero attached hydrogens (tertiary/aromatic N) is 6. The molecule has 29 heteroatoms. The average molecular weight is 1110 g/mol. The number of benzene rings is 2. The molecular formula is C44H47ClF10N8O8S2. The lowest BCUT2D eigenvalue weighted by Gasteiger charge is -2.25. The Hall–Kier alpha value is -5.58. The number of carbonyl (C=O) groups excluding carboxylic acids is 2. The van der Waals surface area contributed by atoms with Gasteiger partial charge in [0.25, 0.3) is 5.92 Å². The molecule has 3 atom stereocenters. The number of aryl methyl sites for hydroxylation is 1. The minimum Gasteiger partial charge on any atom is -0.394 e. The first kappa shape index (κ1) is 56.7. The van der Waals surface area contributed by atoms with E-state index >= 15 is 8.78 Å². The molecule has 3 heterocycles. The number of sulfonamides is 1. The van der Waals surface area contributed by atoms with Crippen LogP contribution in [-0.4, -0.2) is 106 Å². The summed E-state index contributed by atoms with van der Waals surface area (Å²) in [5.41, 5.74) is -5.65. The number of pyridine rings is 1. The van der Waals surface area contributed by atoms with Crippen LogP contribution in [0.1, 0.15) is 80.0 Å². The van der Waals surface area contributed by atoms with Gasteiger partial charge in [0.2, 0.25) is 15.9 Å². The van der Waals surface area contributed by atoms with Gasteiger partial charge in [-0.25, -0.2) is 30.4 Å². The maximum absolute atomic E-state index is 15.8. The van der Waals surface area contributed by atoms with E-state index in [-0.39, 0.29) is 48.9 Å². The van der Waals surface area contributed by atoms with Gasteiger partial charge in [-0.1, -0.05) is 37.6 Å². The molecule has 0 radical (unpaired) electrons. The minimum absolute atomic E-state index is 0.0272. The molecule has 0 bridgehead atoms. The van der Waals surface area contributed by atoms with Gasteiger partial charge in [-0.15, -0.1) is 0 Å². The molecular weight excluding hydrogens is 1060 g/mol. The maximum atomic E-state index is 15.8. The van der Waals surface area contributed by atoms with Gasteiger partial charge in [-0.05, 0) is 68.9 Å². The van der Waals surface area contributed by atoms with Gasteiger partial charge in [-0.3, -0.25) is 19.1 Å². The fourth-order valence-electron chi connectivity index (χ4n) is 8.37. The van der Waals surface area contributed by atoms with Gasteiger partial charge in [-0.2, -0.15) is 49.6 Å². The second-order valence-electron chi connectivity index (χ2n) is 18.3. The molecule has 0 fully saturated rings. The lowest BCUT2D eigenvalue weighted by Crippen LogP contribution is -2.50. The Morgan fingerprint density at radius 3 is 2.04 bits per heavy atom. The number of halogens is 11. The number of sulfone groups is 1. The fourth-order valence-corrected chi connectivity index (χ4v) is 9.88. The van der Waals surface area contributed by atoms with Crippen LogP contribution in [0.4, 0.5) is 54.5 Å². The van der Waals surface area contributed by atoms with Crippen LogP contribution in [0.5, 0.6) is 0 Å². The van der Waals surface area contributed by atoms with Gasteiger partial charge in [0, 0.05) is 40.6 Å². The van der Waals surface area contributed by atoms with Crippen LogP contribution in [0.2, 0.25) is 5.02 Å². The highest BCUT2D eigenvalue weighted by molar-refractivity contribution is 7.93. The number of alkyl halides is 8. The van der Waals surface area contributed by atoms with Crippen molar-refractivity contribution in [1.82, 2.24) is 35.2 Å². The fraction of sp³-hybridized carbons (Fsp3) is 0.477. The number of anilines is 1. The van der Waals surface area contributed by atoms with Gasteiger partial charge < -0.3 is 20.8 Å². The van der Waals surface area contributed by atoms with Crippen molar-refractivity contribution in [3.63, 3.8) is 0 Å². The molecule has 73 heavy (non-hydrogen) atoms. The Bertz CT molecular complexity index is 3160. The largest absolute Gasteiger partial charge is 0.435 e. The number of aliphatic hydroxyl groups excluding tert-OH is 2. The van der Waals surface area contributed by atoms with Crippen LogP contribution in [0.3, 0.4) is 0 Å². The van der Waals surface area contributed by atoms with E-state index in [1.807, 2.05) is 5.32 Å². The van der Waals surface area contributed by atoms with Crippen LogP contribution in [0.25, 0.3) is 22.0 Å². The van der Waals surface area contributed by atoms with Crippen molar-refractivity contribution < 1.29 is 80.5 Å². The molecule has 3 aromatic heterocycles. The number of amides is 3. The quantitative estimate of drug-likeness (QED) is 0.0676. The number of hydrogen-bond acceptors (Lipinski definition) is 11. The van der Waals surface area contributed by atoms with E-state index in [0.29, 0.717) is 12.3 Å². The second-order valence-corrected chi connectivity index (χ2v) is 23.2. The number of aromatic nitrogens is 5. The summed E-state index contributed by atoms with van der Waals surface area (Å²) >= 11 is 6.61. The summed E-state index contributed by atoms with van der Waals surface area (Å²) in [6, 6.07) is 1.89. The molecule has 0 spiro atoms. The van der Waals surface area contributed by atoms with Crippen LogP contribution in [0, 0.1) is 17.6 Å². The topological polar surface area (TPSA) is 219 Å². The molecule has 1 aliphatic carbocycles. The summed E-state index contributed by atoms with van der Waals surface area (Å²) in [7, 11) is -8.65. The first-order chi connectivity index (χ1) is 33.5. The molecule has 4 N–H and O–H groups in total. The monoisotopic (exact) mass is 1100 g/mol. The lowest BCUT2D eigenvalue weighted by atomic mass is 9.93. The zero-order valence-corrected chi connectivity index (χ0v) is 41.7. The summed E-state index contributed by atoms with van der Waals surface area (Å²) in [6.07, 6.45) is -9.99. The number of urea groups is 1. The molecule has 6 rings (SSSR count). The second kappa shape index (κ2) is 20.3. The Labute approximate surface area is 415 Å². The molecule has 0 unspecified atom stereocenters. The first-order valence-corrected chi connectivity index (χ1v) is 25.9. The molecule has 16 nitrogen and oxygen atoms in total. The summed E-state index contributed by atoms with van der Waals surface area (Å²) < 4.78 is 199. The van der Waals surface area contributed by atoms with Crippen LogP contribution >= 0.6 is 11.6 Å². The minimum atomic E-state index is -5.26. The van der Waals surface area contributed by atoms with E-state index in [1.54, 1.807) is 0 Å². The summed E-state index contributed by atoms with van der Waals surface area (Å²) in [4.78, 5) is 32.5. The highest BCUT2D eigenvalue weighted by Gasteiger charge is 2.57. The molecule has 0 saturated heterocycles. The summed E-state index contributed by atoms with van der Waals surface area (Å²) in [6.45, 7) is -0.268. The summed E-state index contributed by atoms with van der Waals surface area (Å²) in [5.74, 6) is -11.7. The smallest absolute Gasteiger partial charge is 0.394 e. The average Bonchev–Trinajstić information content (AvgIpc) is 3.86. The van der Waals surface area contributed by atoms with Gasteiger partial charge in [0.15, 0.2) is 21.3 Å². The highest BCUT2D eigenvalue weighted by atomic mass is 35.5. The molecule has 0 saturated carbocycles. The summed E-state index contributed by atoms with van der Waals surface area (Å²) in [5, 5.41) is 29.8. The van der Waals surface area contributed by atoms with Gasteiger partial charge in [0.1, 0.15) is 30.4 Å². The standard InChI is InChI=1S/C44H47ClF10N8O8S2/c1-21-22(2)43(51,52)38-33(21)37(44(53,54)55)59-61(38)17-32(66)58-31(15-23-13-24(46)16-25(47)14-23)35-28(8-7-26(56-35)11-12-41(3,4)72(5,68)69)29-9-10-30(45)34-36(29)62(20-42(48,49)50)60-39(34)63(73(6,70)71)40(67)57-27(18-64)19-65/h7-10,13-14,16,21-22,27,31,64-65H,11-12,15,17-20H2,1-6H3,(H,57,67)(H,58,66)/t21-,22+,31-/m0/s1. The number of rotatable bonds is 17. The predicted octanol–water partition coefficient (Wildman–Crippen LogP) is 7.34. The van der Waals surface area contributed by atoms with E-state index in [0.717, 1.165) is 44.4 Å². The molecule has 1 aliphatic rings. The molecule has 3 amide bonds. The van der Waals surface area contributed by atoms with Crippen molar-refractivity contribution in [2.45, 2.75) is 101 Å². The Kier molecular flexibility index (Phi) is 15.7.